The van der Waals surface area contributed by atoms with Crippen LogP contribution in [0.15, 0.2) is 58.8 Å². The fourth-order valence-electron chi connectivity index (χ4n) is 2.44. The van der Waals surface area contributed by atoms with Crippen molar-refractivity contribution in [1.82, 2.24) is 4.72 Å². The summed E-state index contributed by atoms with van der Waals surface area (Å²) < 4.78 is 68.2. The van der Waals surface area contributed by atoms with E-state index in [0.717, 1.165) is 5.56 Å². The minimum atomic E-state index is -4.44. The zero-order valence-electron chi connectivity index (χ0n) is 13.5. The van der Waals surface area contributed by atoms with Crippen LogP contribution < -0.4 is 4.72 Å². The number of rotatable bonds is 5. The van der Waals surface area contributed by atoms with Crippen molar-refractivity contribution in [1.29, 1.82) is 0 Å². The van der Waals surface area contributed by atoms with Gasteiger partial charge in [0, 0.05) is 4.88 Å². The zero-order chi connectivity index (χ0) is 18.9. The summed E-state index contributed by atoms with van der Waals surface area (Å²) in [5.41, 5.74) is 1.64. The molecule has 0 amide bonds. The van der Waals surface area contributed by atoms with E-state index in [9.17, 15) is 21.6 Å². The van der Waals surface area contributed by atoms with E-state index >= 15 is 0 Å². The monoisotopic (exact) mass is 397 g/mol. The molecule has 1 aromatic heterocycles. The van der Waals surface area contributed by atoms with Gasteiger partial charge in [0.25, 0.3) is 0 Å². The van der Waals surface area contributed by atoms with Gasteiger partial charge in [-0.1, -0.05) is 35.9 Å². The third kappa shape index (κ3) is 3.67. The van der Waals surface area contributed by atoms with Gasteiger partial charge in [-0.2, -0.15) is 4.72 Å². The minimum absolute atomic E-state index is 0.582. The van der Waals surface area contributed by atoms with E-state index in [4.69, 9.17) is 0 Å². The van der Waals surface area contributed by atoms with Gasteiger partial charge in [-0.25, -0.2) is 21.6 Å². The molecule has 3 rings (SSSR count). The second-order valence-electron chi connectivity index (χ2n) is 5.65. The molecular weight excluding hydrogens is 383 g/mol. The van der Waals surface area contributed by atoms with E-state index in [1.807, 2.05) is 19.1 Å². The maximum Gasteiger partial charge on any atom is 0.244 e. The number of sulfonamides is 1. The smallest absolute Gasteiger partial charge is 0.207 e. The predicted octanol–water partition coefficient (Wildman–Crippen LogP) is 4.54. The van der Waals surface area contributed by atoms with Crippen LogP contribution in [0.3, 0.4) is 0 Å². The molecule has 0 unspecified atom stereocenters. The van der Waals surface area contributed by atoms with Crippen molar-refractivity contribution in [3.8, 4) is 0 Å². The maximum absolute atomic E-state index is 14.0. The highest BCUT2D eigenvalue weighted by molar-refractivity contribution is 7.89. The molecule has 0 aliphatic rings. The van der Waals surface area contributed by atoms with E-state index in [0.29, 0.717) is 22.6 Å². The summed E-state index contributed by atoms with van der Waals surface area (Å²) in [6.07, 6.45) is 0. The van der Waals surface area contributed by atoms with Crippen LogP contribution in [0.2, 0.25) is 0 Å². The highest BCUT2D eigenvalue weighted by Crippen LogP contribution is 2.29. The van der Waals surface area contributed by atoms with Gasteiger partial charge in [0.1, 0.15) is 4.90 Å². The largest absolute Gasteiger partial charge is 0.244 e. The number of halogens is 3. The number of thiophene rings is 1. The molecule has 3 aromatic rings. The SMILES string of the molecule is Cc1ccc([C@H](NS(=O)(=O)c2ccc(F)c(F)c2F)c2cccs2)cc1. The van der Waals surface area contributed by atoms with Gasteiger partial charge in [0.05, 0.1) is 6.04 Å². The van der Waals surface area contributed by atoms with Crippen molar-refractivity contribution >= 4 is 21.4 Å². The van der Waals surface area contributed by atoms with Gasteiger partial charge in [-0.15, -0.1) is 11.3 Å². The Bertz CT molecular complexity index is 1020. The molecule has 0 radical (unpaired) electrons. The number of hydrogen-bond acceptors (Lipinski definition) is 3. The Kier molecular flexibility index (Phi) is 5.17. The lowest BCUT2D eigenvalue weighted by Gasteiger charge is -2.19. The van der Waals surface area contributed by atoms with Gasteiger partial charge >= 0.3 is 0 Å². The standard InChI is InChI=1S/C18H14F3NO2S2/c1-11-4-6-12(7-5-11)18(14-3-2-10-25-14)22-26(23,24)15-9-8-13(19)16(20)17(15)21/h2-10,18,22H,1H3/t18-/m0/s1. The summed E-state index contributed by atoms with van der Waals surface area (Å²) in [5, 5.41) is 1.78. The Morgan fingerprint density at radius 2 is 1.65 bits per heavy atom. The van der Waals surface area contributed by atoms with E-state index < -0.39 is 38.4 Å². The lowest BCUT2D eigenvalue weighted by molar-refractivity contribution is 0.431. The summed E-state index contributed by atoms with van der Waals surface area (Å²) in [6, 6.07) is 11.1. The maximum atomic E-state index is 14.0. The zero-order valence-corrected chi connectivity index (χ0v) is 15.2. The first-order chi connectivity index (χ1) is 12.3. The van der Waals surface area contributed by atoms with Gasteiger partial charge in [-0.05, 0) is 36.1 Å². The van der Waals surface area contributed by atoms with Crippen LogP contribution in [0, 0.1) is 24.4 Å². The summed E-state index contributed by atoms with van der Waals surface area (Å²) in [7, 11) is -4.44. The van der Waals surface area contributed by atoms with E-state index in [1.54, 1.807) is 29.6 Å². The average molecular weight is 397 g/mol. The normalized spacial score (nSPS) is 12.9. The predicted molar refractivity (Wildman–Crippen MR) is 94.0 cm³/mol. The Labute approximate surface area is 153 Å². The highest BCUT2D eigenvalue weighted by atomic mass is 32.2. The first-order valence-electron chi connectivity index (χ1n) is 7.55. The number of hydrogen-bond donors (Lipinski definition) is 1. The van der Waals surface area contributed by atoms with Gasteiger partial charge in [0.2, 0.25) is 10.0 Å². The van der Waals surface area contributed by atoms with Gasteiger partial charge in [0.15, 0.2) is 17.5 Å². The number of nitrogens with one attached hydrogen (secondary N) is 1. The second-order valence-corrected chi connectivity index (χ2v) is 8.32. The van der Waals surface area contributed by atoms with Gasteiger partial charge in [-0.3, -0.25) is 0 Å². The summed E-state index contributed by atoms with van der Waals surface area (Å²) in [4.78, 5) is -0.259. The summed E-state index contributed by atoms with van der Waals surface area (Å²) in [6.45, 7) is 1.89. The molecule has 0 aliphatic carbocycles. The average Bonchev–Trinajstić information content (AvgIpc) is 3.13. The fourth-order valence-corrected chi connectivity index (χ4v) is 4.59. The summed E-state index contributed by atoms with van der Waals surface area (Å²) in [5.74, 6) is -5.02. The van der Waals surface area contributed by atoms with E-state index in [-0.39, 0.29) is 0 Å². The van der Waals surface area contributed by atoms with Crippen molar-refractivity contribution < 1.29 is 21.6 Å². The molecular formula is C18H14F3NO2S2. The molecule has 1 N–H and O–H groups in total. The highest BCUT2D eigenvalue weighted by Gasteiger charge is 2.28. The van der Waals surface area contributed by atoms with Crippen molar-refractivity contribution in [2.45, 2.75) is 17.9 Å². The molecule has 0 saturated heterocycles. The van der Waals surface area contributed by atoms with Crippen LogP contribution in [0.5, 0.6) is 0 Å². The molecule has 0 spiro atoms. The van der Waals surface area contributed by atoms with Crippen LogP contribution in [-0.4, -0.2) is 8.42 Å². The van der Waals surface area contributed by atoms with Crippen LogP contribution in [0.1, 0.15) is 22.0 Å². The molecule has 3 nitrogen and oxygen atoms in total. The molecule has 1 heterocycles. The third-order valence-corrected chi connectivity index (χ3v) is 6.18. The second kappa shape index (κ2) is 7.22. The Balaban J connectivity index is 2.04. The van der Waals surface area contributed by atoms with Crippen LogP contribution in [0.25, 0.3) is 0 Å². The first-order valence-corrected chi connectivity index (χ1v) is 9.91. The summed E-state index contributed by atoms with van der Waals surface area (Å²) >= 11 is 1.32. The van der Waals surface area contributed by atoms with Crippen molar-refractivity contribution in [2.75, 3.05) is 0 Å². The van der Waals surface area contributed by atoms with E-state index in [1.165, 1.54) is 11.3 Å². The van der Waals surface area contributed by atoms with Crippen LogP contribution in [-0.2, 0) is 10.0 Å². The molecule has 2 aromatic carbocycles. The quantitative estimate of drug-likeness (QED) is 0.643. The minimum Gasteiger partial charge on any atom is -0.207 e. The van der Waals surface area contributed by atoms with Crippen LogP contribution >= 0.6 is 11.3 Å². The third-order valence-electron chi connectivity index (χ3n) is 3.80. The topological polar surface area (TPSA) is 46.2 Å². The van der Waals surface area contributed by atoms with Crippen molar-refractivity contribution in [2.24, 2.45) is 0 Å². The molecule has 136 valence electrons. The Morgan fingerprint density at radius 1 is 0.962 bits per heavy atom. The Hall–Kier alpha value is -2.16. The Morgan fingerprint density at radius 3 is 2.27 bits per heavy atom. The fraction of sp³-hybridized carbons (Fsp3) is 0.111. The van der Waals surface area contributed by atoms with Crippen molar-refractivity contribution in [3.63, 3.8) is 0 Å². The van der Waals surface area contributed by atoms with Crippen molar-refractivity contribution in [3.05, 3.63) is 87.4 Å². The molecule has 0 aliphatic heterocycles. The molecule has 0 bridgehead atoms. The number of benzene rings is 2. The lowest BCUT2D eigenvalue weighted by Crippen LogP contribution is -2.30. The molecule has 8 heteroatoms. The molecule has 0 saturated carbocycles. The molecule has 0 fully saturated rings. The van der Waals surface area contributed by atoms with Gasteiger partial charge < -0.3 is 0 Å². The van der Waals surface area contributed by atoms with Crippen LogP contribution in [0.4, 0.5) is 13.2 Å². The van der Waals surface area contributed by atoms with E-state index in [2.05, 4.69) is 4.72 Å². The molecule has 26 heavy (non-hydrogen) atoms. The number of aryl methyl sites for hydroxylation is 1. The lowest BCUT2D eigenvalue weighted by atomic mass is 10.0. The first kappa shape index (κ1) is 18.6. The molecule has 1 atom stereocenters.